The molecule has 0 atom stereocenters. The molecule has 0 aromatic carbocycles. The molecule has 0 unspecified atom stereocenters. The zero-order chi connectivity index (χ0) is 13.1. The van der Waals surface area contributed by atoms with Crippen molar-refractivity contribution >= 4 is 17.7 Å². The SMILES string of the molecule is C=CCC(=O)NCCSC1CCCCCCCC1. The van der Waals surface area contributed by atoms with Crippen LogP contribution in [0.1, 0.15) is 57.8 Å². The van der Waals surface area contributed by atoms with Crippen molar-refractivity contribution in [2.24, 2.45) is 0 Å². The van der Waals surface area contributed by atoms with E-state index in [-0.39, 0.29) is 5.91 Å². The number of nitrogens with one attached hydrogen (secondary N) is 1. The molecule has 3 heteroatoms. The molecule has 0 bridgehead atoms. The Bertz CT molecular complexity index is 233. The third-order valence-corrected chi connectivity index (χ3v) is 4.79. The number of thioether (sulfide) groups is 1. The summed E-state index contributed by atoms with van der Waals surface area (Å²) in [6.45, 7) is 4.36. The fraction of sp³-hybridized carbons (Fsp3) is 0.800. The van der Waals surface area contributed by atoms with Crippen molar-refractivity contribution in [1.29, 1.82) is 0 Å². The van der Waals surface area contributed by atoms with E-state index in [9.17, 15) is 4.79 Å². The lowest BCUT2D eigenvalue weighted by Crippen LogP contribution is -2.25. The van der Waals surface area contributed by atoms with Crippen molar-refractivity contribution in [1.82, 2.24) is 5.32 Å². The molecule has 1 fully saturated rings. The lowest BCUT2D eigenvalue weighted by atomic mass is 10.1. The van der Waals surface area contributed by atoms with Gasteiger partial charge in [0.05, 0.1) is 0 Å². The van der Waals surface area contributed by atoms with Crippen molar-refractivity contribution in [3.63, 3.8) is 0 Å². The van der Waals surface area contributed by atoms with Gasteiger partial charge < -0.3 is 5.32 Å². The first kappa shape index (κ1) is 15.6. The maximum atomic E-state index is 11.2. The average molecular weight is 269 g/mol. The Morgan fingerprint density at radius 3 is 2.39 bits per heavy atom. The van der Waals surface area contributed by atoms with Gasteiger partial charge in [0.1, 0.15) is 0 Å². The van der Waals surface area contributed by atoms with Gasteiger partial charge in [-0.1, -0.05) is 44.6 Å². The van der Waals surface area contributed by atoms with Gasteiger partial charge in [0.15, 0.2) is 0 Å². The Labute approximate surface area is 116 Å². The van der Waals surface area contributed by atoms with Crippen LogP contribution in [0, 0.1) is 0 Å². The highest BCUT2D eigenvalue weighted by molar-refractivity contribution is 7.99. The molecule has 1 aliphatic carbocycles. The van der Waals surface area contributed by atoms with E-state index in [2.05, 4.69) is 11.9 Å². The van der Waals surface area contributed by atoms with E-state index in [1.165, 1.54) is 51.4 Å². The number of rotatable bonds is 6. The molecule has 1 saturated carbocycles. The van der Waals surface area contributed by atoms with Crippen LogP contribution in [-0.2, 0) is 4.79 Å². The minimum absolute atomic E-state index is 0.0973. The van der Waals surface area contributed by atoms with Gasteiger partial charge in [0.2, 0.25) is 5.91 Å². The molecule has 0 spiro atoms. The molecule has 1 aliphatic rings. The highest BCUT2D eigenvalue weighted by atomic mass is 32.2. The van der Waals surface area contributed by atoms with Crippen molar-refractivity contribution in [3.05, 3.63) is 12.7 Å². The molecule has 1 N–H and O–H groups in total. The van der Waals surface area contributed by atoms with Crippen molar-refractivity contribution in [3.8, 4) is 0 Å². The molecule has 0 radical (unpaired) electrons. The fourth-order valence-electron chi connectivity index (χ4n) is 2.38. The second-order valence-electron chi connectivity index (χ2n) is 5.03. The Morgan fingerprint density at radius 1 is 1.17 bits per heavy atom. The number of carbonyl (C=O) groups is 1. The van der Waals surface area contributed by atoms with Crippen LogP contribution < -0.4 is 5.32 Å². The Balaban J connectivity index is 2.08. The summed E-state index contributed by atoms with van der Waals surface area (Å²) in [4.78, 5) is 11.2. The summed E-state index contributed by atoms with van der Waals surface area (Å²) in [5.41, 5.74) is 0. The van der Waals surface area contributed by atoms with Crippen LogP contribution in [0.4, 0.5) is 0 Å². The second-order valence-corrected chi connectivity index (χ2v) is 6.44. The predicted octanol–water partition coefficient (Wildman–Crippen LogP) is 3.91. The summed E-state index contributed by atoms with van der Waals surface area (Å²) >= 11 is 2.05. The van der Waals surface area contributed by atoms with E-state index in [1.54, 1.807) is 6.08 Å². The van der Waals surface area contributed by atoms with E-state index in [0.29, 0.717) is 6.42 Å². The highest BCUT2D eigenvalue weighted by Crippen LogP contribution is 2.25. The lowest BCUT2D eigenvalue weighted by molar-refractivity contribution is -0.120. The van der Waals surface area contributed by atoms with E-state index in [1.807, 2.05) is 11.8 Å². The molecule has 0 aromatic rings. The number of hydrogen-bond donors (Lipinski definition) is 1. The third kappa shape index (κ3) is 7.80. The van der Waals surface area contributed by atoms with E-state index in [4.69, 9.17) is 0 Å². The minimum Gasteiger partial charge on any atom is -0.355 e. The standard InChI is InChI=1S/C15H27NOS/c1-2-9-15(17)16-12-13-18-14-10-7-5-3-4-6-8-11-14/h2,14H,1,3-13H2,(H,16,17). The molecular formula is C15H27NOS. The average Bonchev–Trinajstić information content (AvgIpc) is 2.49. The van der Waals surface area contributed by atoms with Crippen LogP contribution in [0.5, 0.6) is 0 Å². The zero-order valence-corrected chi connectivity index (χ0v) is 12.3. The Morgan fingerprint density at radius 2 is 1.78 bits per heavy atom. The van der Waals surface area contributed by atoms with Gasteiger partial charge in [-0.3, -0.25) is 4.79 Å². The van der Waals surface area contributed by atoms with Crippen LogP contribution in [0.3, 0.4) is 0 Å². The van der Waals surface area contributed by atoms with Crippen molar-refractivity contribution in [2.45, 2.75) is 63.0 Å². The van der Waals surface area contributed by atoms with Crippen LogP contribution in [0.15, 0.2) is 12.7 Å². The summed E-state index contributed by atoms with van der Waals surface area (Å²) in [7, 11) is 0. The van der Waals surface area contributed by atoms with Gasteiger partial charge >= 0.3 is 0 Å². The summed E-state index contributed by atoms with van der Waals surface area (Å²) in [5.74, 6) is 1.15. The van der Waals surface area contributed by atoms with Crippen LogP contribution in [-0.4, -0.2) is 23.5 Å². The lowest BCUT2D eigenvalue weighted by Gasteiger charge is -2.15. The van der Waals surface area contributed by atoms with Gasteiger partial charge in [-0.25, -0.2) is 0 Å². The van der Waals surface area contributed by atoms with Crippen molar-refractivity contribution < 1.29 is 4.79 Å². The number of amides is 1. The topological polar surface area (TPSA) is 29.1 Å². The summed E-state index contributed by atoms with van der Waals surface area (Å²) in [6.07, 6.45) is 13.3. The van der Waals surface area contributed by atoms with Gasteiger partial charge in [-0.2, -0.15) is 11.8 Å². The van der Waals surface area contributed by atoms with Crippen LogP contribution in [0.25, 0.3) is 0 Å². The summed E-state index contributed by atoms with van der Waals surface area (Å²) < 4.78 is 0. The number of carbonyl (C=O) groups excluding carboxylic acids is 1. The van der Waals surface area contributed by atoms with Crippen molar-refractivity contribution in [2.75, 3.05) is 12.3 Å². The third-order valence-electron chi connectivity index (χ3n) is 3.41. The smallest absolute Gasteiger partial charge is 0.223 e. The Hall–Kier alpha value is -0.440. The van der Waals surface area contributed by atoms with Gasteiger partial charge in [0.25, 0.3) is 0 Å². The van der Waals surface area contributed by atoms with Crippen LogP contribution >= 0.6 is 11.8 Å². The van der Waals surface area contributed by atoms with Gasteiger partial charge in [-0.05, 0) is 12.8 Å². The largest absolute Gasteiger partial charge is 0.355 e. The van der Waals surface area contributed by atoms with E-state index < -0.39 is 0 Å². The first-order chi connectivity index (χ1) is 8.83. The number of hydrogen-bond acceptors (Lipinski definition) is 2. The van der Waals surface area contributed by atoms with E-state index >= 15 is 0 Å². The molecule has 0 saturated heterocycles. The molecule has 0 aromatic heterocycles. The highest BCUT2D eigenvalue weighted by Gasteiger charge is 2.10. The van der Waals surface area contributed by atoms with Crippen LogP contribution in [0.2, 0.25) is 0 Å². The minimum atomic E-state index is 0.0973. The summed E-state index contributed by atoms with van der Waals surface area (Å²) in [6, 6.07) is 0. The van der Waals surface area contributed by atoms with Gasteiger partial charge in [0, 0.05) is 24.0 Å². The first-order valence-electron chi connectivity index (χ1n) is 7.32. The maximum absolute atomic E-state index is 11.2. The second kappa shape index (κ2) is 10.5. The molecule has 0 heterocycles. The summed E-state index contributed by atoms with van der Waals surface area (Å²) in [5, 5.41) is 3.75. The normalized spacial score (nSPS) is 18.4. The molecular weight excluding hydrogens is 242 g/mol. The van der Waals surface area contributed by atoms with Gasteiger partial charge in [-0.15, -0.1) is 6.58 Å². The quantitative estimate of drug-likeness (QED) is 0.585. The molecule has 1 amide bonds. The molecule has 2 nitrogen and oxygen atoms in total. The fourth-order valence-corrected chi connectivity index (χ4v) is 3.60. The van der Waals surface area contributed by atoms with E-state index in [0.717, 1.165) is 17.5 Å². The predicted molar refractivity (Wildman–Crippen MR) is 81.0 cm³/mol. The monoisotopic (exact) mass is 269 g/mol. The molecule has 0 aliphatic heterocycles. The molecule has 104 valence electrons. The Kier molecular flexibility index (Phi) is 9.09. The molecule has 18 heavy (non-hydrogen) atoms. The first-order valence-corrected chi connectivity index (χ1v) is 8.37. The molecule has 1 rings (SSSR count). The maximum Gasteiger partial charge on any atom is 0.223 e. The zero-order valence-electron chi connectivity index (χ0n) is 11.5.